The molecule has 1 nitrogen and oxygen atoms in total. The van der Waals surface area contributed by atoms with Crippen molar-refractivity contribution in [2.45, 2.75) is 0 Å². The van der Waals surface area contributed by atoms with Gasteiger partial charge < -0.3 is 0 Å². The molecule has 0 aromatic heterocycles. The van der Waals surface area contributed by atoms with Crippen molar-refractivity contribution in [2.75, 3.05) is 0 Å². The first-order valence-corrected chi connectivity index (χ1v) is 6.73. The third-order valence-corrected chi connectivity index (χ3v) is 2.65. The van der Waals surface area contributed by atoms with E-state index in [0.717, 1.165) is 16.8 Å². The predicted octanol–water partition coefficient (Wildman–Crippen LogP) is 2.83. The van der Waals surface area contributed by atoms with Crippen LogP contribution in [0.5, 0.6) is 0 Å². The van der Waals surface area contributed by atoms with Crippen LogP contribution in [0, 0.1) is 0 Å². The molecule has 2 heteroatoms. The number of nitrogens with zero attached hydrogens (tertiary/aromatic N) is 1. The summed E-state index contributed by atoms with van der Waals surface area (Å²) in [5.74, 6) is 0. The zero-order chi connectivity index (χ0) is 11.2. The van der Waals surface area contributed by atoms with Crippen LogP contribution in [0.15, 0.2) is 65.7 Å². The Hall–Kier alpha value is -1.33. The van der Waals surface area contributed by atoms with Crippen LogP contribution in [0.2, 0.25) is 0 Å². The van der Waals surface area contributed by atoms with E-state index in [9.17, 15) is 0 Å². The Balaban J connectivity index is 2.48. The van der Waals surface area contributed by atoms with Gasteiger partial charge in [-0.3, -0.25) is 0 Å². The van der Waals surface area contributed by atoms with Gasteiger partial charge in [0.05, 0.1) is 0 Å². The van der Waals surface area contributed by atoms with E-state index in [-0.39, 0.29) is 0 Å². The molecule has 0 unspecified atom stereocenters. The minimum absolute atomic E-state index is 1.04. The molecule has 0 radical (unpaired) electrons. The van der Waals surface area contributed by atoms with Crippen LogP contribution in [0.4, 0.5) is 0 Å². The van der Waals surface area contributed by atoms with E-state index in [2.05, 4.69) is 29.3 Å². The van der Waals surface area contributed by atoms with Gasteiger partial charge in [0.25, 0.3) is 0 Å². The van der Waals surface area contributed by atoms with Gasteiger partial charge in [-0.1, -0.05) is 0 Å². The van der Waals surface area contributed by atoms with Crippen molar-refractivity contribution in [3.05, 3.63) is 71.8 Å². The van der Waals surface area contributed by atoms with Gasteiger partial charge in [-0.2, -0.15) is 0 Å². The van der Waals surface area contributed by atoms with Gasteiger partial charge in [0.1, 0.15) is 0 Å². The molecule has 2 rings (SSSR count). The molecule has 2 aromatic carbocycles. The van der Waals surface area contributed by atoms with E-state index >= 15 is 0 Å². The molecule has 0 amide bonds. The van der Waals surface area contributed by atoms with Crippen LogP contribution in [0.25, 0.3) is 0 Å². The Morgan fingerprint density at radius 2 is 1.25 bits per heavy atom. The summed E-state index contributed by atoms with van der Waals surface area (Å²) < 4.78 is 1.91. The molecule has 16 heavy (non-hydrogen) atoms. The van der Waals surface area contributed by atoms with Gasteiger partial charge in [-0.25, -0.2) is 0 Å². The monoisotopic (exact) mass is 377 g/mol. The molecule has 0 aliphatic heterocycles. The first kappa shape index (κ1) is 11.2. The Bertz CT molecular complexity index is 447. The zero-order valence-electron chi connectivity index (χ0n) is 8.71. The van der Waals surface area contributed by atoms with Crippen molar-refractivity contribution in [3.8, 4) is 0 Å². The Morgan fingerprint density at radius 1 is 0.812 bits per heavy atom. The predicted molar refractivity (Wildman–Crippen MR) is 64.6 cm³/mol. The molecule has 0 saturated carbocycles. The molecule has 0 saturated heterocycles. The van der Waals surface area contributed by atoms with Gasteiger partial charge in [0.2, 0.25) is 0 Å². The van der Waals surface area contributed by atoms with Gasteiger partial charge >= 0.3 is 106 Å². The molecule has 0 atom stereocenters. The Labute approximate surface area is 106 Å². The normalized spacial score (nSPS) is 9.50. The summed E-state index contributed by atoms with van der Waals surface area (Å²) in [5, 5.41) is 0. The van der Waals surface area contributed by atoms with Crippen LogP contribution >= 0.6 is 0 Å². The number of benzene rings is 2. The summed E-state index contributed by atoms with van der Waals surface area (Å²) >= 11 is 1.36. The summed E-state index contributed by atoms with van der Waals surface area (Å²) in [6.45, 7) is 0. The fourth-order valence-corrected chi connectivity index (χ4v) is 1.94. The van der Waals surface area contributed by atoms with E-state index < -0.39 is 0 Å². The van der Waals surface area contributed by atoms with Crippen molar-refractivity contribution in [1.82, 2.24) is 0 Å². The third kappa shape index (κ3) is 2.62. The first-order chi connectivity index (χ1) is 7.92. The maximum atomic E-state index is 4.49. The number of aliphatic imine (C=N–C) groups is 1. The average molecular weight is 377 g/mol. The van der Waals surface area contributed by atoms with Crippen LogP contribution in [-0.4, -0.2) is 10.2 Å². The first-order valence-electron chi connectivity index (χ1n) is 5.04. The summed E-state index contributed by atoms with van der Waals surface area (Å²) in [7, 11) is 0. The second-order valence-electron chi connectivity index (χ2n) is 3.32. The average Bonchev–Trinajstić information content (AvgIpc) is 2.38. The summed E-state index contributed by atoms with van der Waals surface area (Å²) in [5.41, 5.74) is 3.36. The van der Waals surface area contributed by atoms with Crippen molar-refractivity contribution < 1.29 is 19.4 Å². The van der Waals surface area contributed by atoms with Crippen molar-refractivity contribution in [1.29, 1.82) is 0 Å². The molecule has 0 aliphatic rings. The van der Waals surface area contributed by atoms with E-state index in [1.54, 1.807) is 0 Å². The molecule has 0 N–H and O–H groups in total. The van der Waals surface area contributed by atoms with Gasteiger partial charge in [0, 0.05) is 0 Å². The van der Waals surface area contributed by atoms with Crippen LogP contribution in [0.3, 0.4) is 0 Å². The second-order valence-corrected chi connectivity index (χ2v) is 4.07. The number of hydrogen-bond donors (Lipinski definition) is 0. The zero-order valence-corrected chi connectivity index (χ0v) is 11.6. The molecule has 78 valence electrons. The van der Waals surface area contributed by atoms with Crippen molar-refractivity contribution in [2.24, 2.45) is 4.99 Å². The fraction of sp³-hybridized carbons (Fsp3) is 0. The minimum atomic E-state index is 1.04. The van der Waals surface area contributed by atoms with Crippen LogP contribution in [0.1, 0.15) is 11.1 Å². The van der Waals surface area contributed by atoms with Crippen molar-refractivity contribution in [3.63, 3.8) is 0 Å². The molecule has 0 fully saturated rings. The number of rotatable bonds is 3. The Kier molecular flexibility index (Phi) is 3.96. The SMILES string of the molecule is [W]=[CH]N=C(c1ccccc1)c1ccccc1. The quantitative estimate of drug-likeness (QED) is 0.730. The van der Waals surface area contributed by atoms with Gasteiger partial charge in [0.15, 0.2) is 0 Å². The van der Waals surface area contributed by atoms with Crippen molar-refractivity contribution >= 4 is 10.2 Å². The summed E-state index contributed by atoms with van der Waals surface area (Å²) in [6.07, 6.45) is 0. The molecule has 0 aliphatic carbocycles. The van der Waals surface area contributed by atoms with E-state index in [1.807, 2.05) is 40.9 Å². The Morgan fingerprint density at radius 3 is 1.62 bits per heavy atom. The fourth-order valence-electron chi connectivity index (χ4n) is 1.56. The molecule has 0 heterocycles. The number of hydrogen-bond acceptors (Lipinski definition) is 1. The van der Waals surface area contributed by atoms with Gasteiger partial charge in [-0.15, -0.1) is 0 Å². The summed E-state index contributed by atoms with van der Waals surface area (Å²) in [4.78, 5) is 4.49. The molecular weight excluding hydrogens is 366 g/mol. The standard InChI is InChI=1S/C14H11N.W/c1-15-14(12-8-4-2-5-9-12)13-10-6-3-7-11-13;/h1-11H;. The van der Waals surface area contributed by atoms with E-state index in [4.69, 9.17) is 0 Å². The molecule has 0 bridgehead atoms. The van der Waals surface area contributed by atoms with E-state index in [0.29, 0.717) is 0 Å². The topological polar surface area (TPSA) is 12.4 Å². The summed E-state index contributed by atoms with van der Waals surface area (Å²) in [6, 6.07) is 20.5. The maximum absolute atomic E-state index is 4.49. The van der Waals surface area contributed by atoms with Crippen LogP contribution < -0.4 is 0 Å². The van der Waals surface area contributed by atoms with Gasteiger partial charge in [-0.05, 0) is 0 Å². The van der Waals surface area contributed by atoms with Crippen LogP contribution in [-0.2, 0) is 19.4 Å². The third-order valence-electron chi connectivity index (χ3n) is 2.28. The molecular formula is C14H11NW. The molecule has 2 aromatic rings. The van der Waals surface area contributed by atoms with E-state index in [1.165, 1.54) is 19.4 Å². The molecule has 0 spiro atoms. The second kappa shape index (κ2) is 5.67.